The maximum absolute atomic E-state index is 14.1. The summed E-state index contributed by atoms with van der Waals surface area (Å²) in [5, 5.41) is 11.2. The van der Waals surface area contributed by atoms with Gasteiger partial charge in [-0.25, -0.2) is 4.79 Å². The van der Waals surface area contributed by atoms with E-state index in [1.165, 1.54) is 0 Å². The van der Waals surface area contributed by atoms with Gasteiger partial charge in [0.15, 0.2) is 17.5 Å². The number of ether oxygens (including phenoxy) is 2. The fraction of sp³-hybridized carbons (Fsp3) is 0.810. The van der Waals surface area contributed by atoms with Crippen LogP contribution in [-0.4, -0.2) is 34.9 Å². The molecule has 1 aliphatic heterocycles. The molecule has 5 aliphatic rings. The van der Waals surface area contributed by atoms with Crippen molar-refractivity contribution >= 4 is 11.9 Å². The molecule has 3 saturated carbocycles. The lowest BCUT2D eigenvalue weighted by Crippen LogP contribution is -2.59. The SMILES string of the molecule is CC1=CC23C(=O)C(C4C(C[C@H]2C)C4(C)C)[C@H](O)[C@H](C)[C@H]2OC(=O)OC23C1. The van der Waals surface area contributed by atoms with Crippen LogP contribution < -0.4 is 0 Å². The maximum atomic E-state index is 14.1. The molecule has 26 heavy (non-hydrogen) atoms. The Balaban J connectivity index is 1.78. The predicted molar refractivity (Wildman–Crippen MR) is 93.1 cm³/mol. The van der Waals surface area contributed by atoms with Crippen molar-refractivity contribution in [3.8, 4) is 0 Å². The van der Waals surface area contributed by atoms with Crippen molar-refractivity contribution in [1.82, 2.24) is 0 Å². The number of carbonyl (C=O) groups is 2. The topological polar surface area (TPSA) is 72.8 Å². The molecule has 0 amide bonds. The van der Waals surface area contributed by atoms with Crippen molar-refractivity contribution < 1.29 is 24.2 Å². The monoisotopic (exact) mass is 360 g/mol. The minimum atomic E-state index is -0.999. The van der Waals surface area contributed by atoms with Crippen molar-refractivity contribution in [3.05, 3.63) is 11.6 Å². The fourth-order valence-electron chi connectivity index (χ4n) is 7.45. The van der Waals surface area contributed by atoms with Crippen LogP contribution in [-0.2, 0) is 14.3 Å². The number of Topliss-reactive ketones (excluding diaryl/α,β-unsaturated/α-hetero) is 1. The standard InChI is InChI=1S/C21H28O5/c1-9-7-20-10(2)6-12-14(19(12,4)5)13(16(20)23)15(22)11(3)17-21(20,8-9)26-18(24)25-17/h7,10-15,17,22H,6,8H2,1-5H3/t10-,11+,12?,13?,14?,15-,17-,20?,21?/m1/s1. The smallest absolute Gasteiger partial charge is 0.426 e. The van der Waals surface area contributed by atoms with E-state index in [0.29, 0.717) is 12.3 Å². The number of hydrogen-bond donors (Lipinski definition) is 1. The van der Waals surface area contributed by atoms with E-state index >= 15 is 0 Å². The van der Waals surface area contributed by atoms with E-state index < -0.39 is 35.3 Å². The lowest BCUT2D eigenvalue weighted by molar-refractivity contribution is -0.149. The Hall–Kier alpha value is -1.36. The average Bonchev–Trinajstić information content (AvgIpc) is 2.85. The van der Waals surface area contributed by atoms with Crippen LogP contribution in [0.3, 0.4) is 0 Å². The van der Waals surface area contributed by atoms with E-state index in [2.05, 4.69) is 26.8 Å². The quantitative estimate of drug-likeness (QED) is 0.531. The molecule has 1 saturated heterocycles. The van der Waals surface area contributed by atoms with Crippen LogP contribution in [0.1, 0.15) is 47.5 Å². The largest absolute Gasteiger partial charge is 0.509 e. The van der Waals surface area contributed by atoms with Crippen molar-refractivity contribution in [1.29, 1.82) is 0 Å². The second-order valence-electron chi connectivity index (χ2n) is 10.1. The van der Waals surface area contributed by atoms with Crippen LogP contribution in [0.5, 0.6) is 0 Å². The van der Waals surface area contributed by atoms with Gasteiger partial charge in [0.2, 0.25) is 0 Å². The van der Waals surface area contributed by atoms with Crippen LogP contribution in [0.4, 0.5) is 4.79 Å². The Kier molecular flexibility index (Phi) is 2.93. The number of carbonyl (C=O) groups excluding carboxylic acids is 2. The van der Waals surface area contributed by atoms with Crippen molar-refractivity contribution in [2.75, 3.05) is 0 Å². The second-order valence-corrected chi connectivity index (χ2v) is 10.1. The highest BCUT2D eigenvalue weighted by molar-refractivity contribution is 5.94. The van der Waals surface area contributed by atoms with Gasteiger partial charge in [0.05, 0.1) is 11.5 Å². The number of ketones is 1. The molecule has 5 rings (SSSR count). The highest BCUT2D eigenvalue weighted by Crippen LogP contribution is 2.73. The molecule has 9 atom stereocenters. The molecule has 2 spiro atoms. The fourth-order valence-corrected chi connectivity index (χ4v) is 7.45. The lowest BCUT2D eigenvalue weighted by Gasteiger charge is -2.45. The third kappa shape index (κ3) is 1.55. The molecule has 1 heterocycles. The van der Waals surface area contributed by atoms with Crippen molar-refractivity contribution in [3.63, 3.8) is 0 Å². The summed E-state index contributed by atoms with van der Waals surface area (Å²) >= 11 is 0. The second kappa shape index (κ2) is 4.54. The summed E-state index contributed by atoms with van der Waals surface area (Å²) in [4.78, 5) is 26.3. The van der Waals surface area contributed by atoms with Crippen LogP contribution in [0.2, 0.25) is 0 Å². The molecule has 0 aromatic heterocycles. The Bertz CT molecular complexity index is 754. The van der Waals surface area contributed by atoms with Gasteiger partial charge in [-0.15, -0.1) is 0 Å². The third-order valence-electron chi connectivity index (χ3n) is 8.67. The highest BCUT2D eigenvalue weighted by atomic mass is 16.8. The molecule has 5 nitrogen and oxygen atoms in total. The molecule has 0 aromatic rings. The first-order valence-electron chi connectivity index (χ1n) is 9.88. The maximum Gasteiger partial charge on any atom is 0.509 e. The van der Waals surface area contributed by atoms with E-state index in [-0.39, 0.29) is 29.0 Å². The summed E-state index contributed by atoms with van der Waals surface area (Å²) in [7, 11) is 0. The van der Waals surface area contributed by atoms with Gasteiger partial charge in [0.25, 0.3) is 0 Å². The zero-order valence-electron chi connectivity index (χ0n) is 16.1. The average molecular weight is 360 g/mol. The molecule has 142 valence electrons. The van der Waals surface area contributed by atoms with Crippen LogP contribution in [0.15, 0.2) is 11.6 Å². The van der Waals surface area contributed by atoms with Gasteiger partial charge in [-0.3, -0.25) is 4.79 Å². The van der Waals surface area contributed by atoms with Gasteiger partial charge < -0.3 is 14.6 Å². The number of aliphatic hydroxyl groups excluding tert-OH is 1. The van der Waals surface area contributed by atoms with Gasteiger partial charge >= 0.3 is 6.16 Å². The summed E-state index contributed by atoms with van der Waals surface area (Å²) in [6, 6.07) is 0. The Morgan fingerprint density at radius 2 is 1.92 bits per heavy atom. The highest BCUT2D eigenvalue weighted by Gasteiger charge is 2.79. The minimum Gasteiger partial charge on any atom is -0.426 e. The molecular formula is C21H28O5. The minimum absolute atomic E-state index is 0.0428. The van der Waals surface area contributed by atoms with Crippen molar-refractivity contribution in [2.45, 2.75) is 65.3 Å². The van der Waals surface area contributed by atoms with Crippen LogP contribution in [0, 0.1) is 40.4 Å². The van der Waals surface area contributed by atoms with E-state index in [1.807, 2.05) is 13.8 Å². The molecule has 5 unspecified atom stereocenters. The van der Waals surface area contributed by atoms with Crippen LogP contribution in [0.25, 0.3) is 0 Å². The zero-order chi connectivity index (χ0) is 18.8. The first kappa shape index (κ1) is 16.8. The van der Waals surface area contributed by atoms with E-state index in [0.717, 1.165) is 12.0 Å². The normalized spacial score (nSPS) is 56.2. The molecule has 1 N–H and O–H groups in total. The first-order chi connectivity index (χ1) is 12.1. The number of rotatable bonds is 0. The summed E-state index contributed by atoms with van der Waals surface area (Å²) in [5.41, 5.74) is -0.738. The van der Waals surface area contributed by atoms with E-state index in [4.69, 9.17) is 9.47 Å². The lowest BCUT2D eigenvalue weighted by atomic mass is 9.59. The summed E-state index contributed by atoms with van der Waals surface area (Å²) in [6.07, 6.45) is 1.39. The van der Waals surface area contributed by atoms with Gasteiger partial charge in [-0.2, -0.15) is 0 Å². The molecule has 0 radical (unpaired) electrons. The molecule has 2 bridgehead atoms. The molecule has 0 aromatic carbocycles. The first-order valence-corrected chi connectivity index (χ1v) is 9.88. The van der Waals surface area contributed by atoms with Crippen LogP contribution >= 0.6 is 0 Å². The Morgan fingerprint density at radius 1 is 1.23 bits per heavy atom. The Labute approximate surface area is 154 Å². The van der Waals surface area contributed by atoms with E-state index in [1.54, 1.807) is 0 Å². The molecule has 4 aliphatic carbocycles. The van der Waals surface area contributed by atoms with Crippen molar-refractivity contribution in [2.24, 2.45) is 40.4 Å². The number of hydrogen-bond acceptors (Lipinski definition) is 5. The zero-order valence-corrected chi connectivity index (χ0v) is 16.1. The van der Waals surface area contributed by atoms with E-state index in [9.17, 15) is 14.7 Å². The Morgan fingerprint density at radius 3 is 2.62 bits per heavy atom. The summed E-state index contributed by atoms with van der Waals surface area (Å²) < 4.78 is 11.5. The molecule has 4 fully saturated rings. The third-order valence-corrected chi connectivity index (χ3v) is 8.67. The van der Waals surface area contributed by atoms with Gasteiger partial charge in [-0.1, -0.05) is 39.3 Å². The molecular weight excluding hydrogens is 332 g/mol. The van der Waals surface area contributed by atoms with Gasteiger partial charge in [0, 0.05) is 18.3 Å². The number of fused-ring (bicyclic) bond motifs is 3. The summed E-state index contributed by atoms with van der Waals surface area (Å²) in [6.45, 7) is 10.5. The predicted octanol–water partition coefficient (Wildman–Crippen LogP) is 3.10. The summed E-state index contributed by atoms with van der Waals surface area (Å²) in [5.74, 6) is -0.0223. The molecule has 5 heteroatoms. The van der Waals surface area contributed by atoms with Gasteiger partial charge in [0.1, 0.15) is 0 Å². The van der Waals surface area contributed by atoms with Gasteiger partial charge in [-0.05, 0) is 36.5 Å². The number of aliphatic hydroxyl groups is 1.